The van der Waals surface area contributed by atoms with Gasteiger partial charge in [-0.1, -0.05) is 18.2 Å². The van der Waals surface area contributed by atoms with Crippen molar-refractivity contribution < 1.29 is 19.0 Å². The lowest BCUT2D eigenvalue weighted by molar-refractivity contribution is 0.189. The zero-order valence-electron chi connectivity index (χ0n) is 6.99. The summed E-state index contributed by atoms with van der Waals surface area (Å²) in [6.45, 7) is 0. The molecule has 1 rings (SSSR count). The normalized spacial score (nSPS) is 11.3. The van der Waals surface area contributed by atoms with Crippen LogP contribution in [-0.2, 0) is 9.19 Å². The van der Waals surface area contributed by atoms with Crippen molar-refractivity contribution in [3.8, 4) is 0 Å². The maximum atomic E-state index is 10.4. The van der Waals surface area contributed by atoms with Gasteiger partial charge in [0.25, 0.3) is 0 Å². The van der Waals surface area contributed by atoms with Gasteiger partial charge in [-0.05, 0) is 12.1 Å². The van der Waals surface area contributed by atoms with Crippen LogP contribution in [0.2, 0.25) is 0 Å². The molecule has 2 N–H and O–H groups in total. The molecular formula is C7H10NO4P. The molecule has 0 aliphatic rings. The number of anilines is 1. The van der Waals surface area contributed by atoms with Gasteiger partial charge in [0.2, 0.25) is 0 Å². The van der Waals surface area contributed by atoms with E-state index in [1.54, 1.807) is 30.3 Å². The topological polar surface area (TPSA) is 70.0 Å². The summed E-state index contributed by atoms with van der Waals surface area (Å²) < 4.78 is 14.8. The standard InChI is InChI=1S/C7H10NO4P/c1-8(12-13(9,10)11)7-5-3-2-4-6-7/h2-6H,1H3,(H2,9,10,11). The molecule has 0 bridgehead atoms. The number of hydrogen-bond acceptors (Lipinski definition) is 3. The fourth-order valence-electron chi connectivity index (χ4n) is 0.845. The smallest absolute Gasteiger partial charge is 0.301 e. The Kier molecular flexibility index (Phi) is 3.06. The third-order valence-corrected chi connectivity index (χ3v) is 1.81. The van der Waals surface area contributed by atoms with Gasteiger partial charge in [0.05, 0.1) is 5.69 Å². The Balaban J connectivity index is 2.70. The van der Waals surface area contributed by atoms with Gasteiger partial charge in [-0.2, -0.15) is 4.62 Å². The van der Waals surface area contributed by atoms with E-state index in [2.05, 4.69) is 4.62 Å². The van der Waals surface area contributed by atoms with Crippen molar-refractivity contribution >= 4 is 13.5 Å². The Bertz CT molecular complexity index is 310. The Labute approximate surface area is 75.8 Å². The van der Waals surface area contributed by atoms with Crippen LogP contribution in [0.15, 0.2) is 30.3 Å². The van der Waals surface area contributed by atoms with Gasteiger partial charge in [0.15, 0.2) is 0 Å². The second-order valence-corrected chi connectivity index (χ2v) is 3.55. The molecule has 0 atom stereocenters. The molecular weight excluding hydrogens is 193 g/mol. The quantitative estimate of drug-likeness (QED) is 0.569. The summed E-state index contributed by atoms with van der Waals surface area (Å²) in [5.74, 6) is 0. The average Bonchev–Trinajstić information content (AvgIpc) is 2.03. The van der Waals surface area contributed by atoms with E-state index in [1.807, 2.05) is 0 Å². The van der Waals surface area contributed by atoms with Crippen molar-refractivity contribution in [2.24, 2.45) is 0 Å². The van der Waals surface area contributed by atoms with Crippen LogP contribution >= 0.6 is 7.82 Å². The summed E-state index contributed by atoms with van der Waals surface area (Å²) in [7, 11) is -3.04. The highest BCUT2D eigenvalue weighted by atomic mass is 31.2. The molecule has 0 fully saturated rings. The van der Waals surface area contributed by atoms with Gasteiger partial charge in [-0.25, -0.2) is 9.63 Å². The summed E-state index contributed by atoms with van der Waals surface area (Å²) in [4.78, 5) is 17.0. The summed E-state index contributed by atoms with van der Waals surface area (Å²) in [5.41, 5.74) is 0.575. The molecule has 0 aromatic heterocycles. The third kappa shape index (κ3) is 3.57. The molecule has 13 heavy (non-hydrogen) atoms. The van der Waals surface area contributed by atoms with Crippen molar-refractivity contribution in [1.82, 2.24) is 0 Å². The number of para-hydroxylation sites is 1. The number of hydroxylamine groups is 1. The Morgan fingerprint density at radius 3 is 2.31 bits per heavy atom. The minimum Gasteiger partial charge on any atom is -0.301 e. The van der Waals surface area contributed by atoms with E-state index < -0.39 is 7.82 Å². The molecule has 0 unspecified atom stereocenters. The average molecular weight is 203 g/mol. The first kappa shape index (κ1) is 10.2. The van der Waals surface area contributed by atoms with Crippen LogP contribution in [0.4, 0.5) is 5.69 Å². The zero-order valence-corrected chi connectivity index (χ0v) is 7.89. The second kappa shape index (κ2) is 3.89. The lowest BCUT2D eigenvalue weighted by Gasteiger charge is -2.18. The predicted molar refractivity (Wildman–Crippen MR) is 48.0 cm³/mol. The minimum atomic E-state index is -4.46. The lowest BCUT2D eigenvalue weighted by Crippen LogP contribution is -2.15. The molecule has 0 saturated carbocycles. The Hall–Kier alpha value is -0.870. The number of nitrogens with zero attached hydrogens (tertiary/aromatic N) is 1. The molecule has 0 radical (unpaired) electrons. The number of benzene rings is 1. The molecule has 0 spiro atoms. The summed E-state index contributed by atoms with van der Waals surface area (Å²) in [6, 6.07) is 8.64. The zero-order chi connectivity index (χ0) is 9.90. The molecule has 0 amide bonds. The highest BCUT2D eigenvalue weighted by Gasteiger charge is 2.17. The van der Waals surface area contributed by atoms with Gasteiger partial charge >= 0.3 is 7.82 Å². The molecule has 0 heterocycles. The fraction of sp³-hybridized carbons (Fsp3) is 0.143. The first-order valence-electron chi connectivity index (χ1n) is 3.53. The van der Waals surface area contributed by atoms with Crippen molar-refractivity contribution in [2.75, 3.05) is 12.1 Å². The van der Waals surface area contributed by atoms with E-state index in [0.717, 1.165) is 5.06 Å². The van der Waals surface area contributed by atoms with Crippen LogP contribution in [0.25, 0.3) is 0 Å². The van der Waals surface area contributed by atoms with Crippen molar-refractivity contribution in [1.29, 1.82) is 0 Å². The summed E-state index contributed by atoms with van der Waals surface area (Å²) >= 11 is 0. The highest BCUT2D eigenvalue weighted by molar-refractivity contribution is 7.46. The van der Waals surface area contributed by atoms with E-state index in [1.165, 1.54) is 7.05 Å². The van der Waals surface area contributed by atoms with Gasteiger partial charge in [-0.15, -0.1) is 0 Å². The van der Waals surface area contributed by atoms with Crippen molar-refractivity contribution in [3.63, 3.8) is 0 Å². The van der Waals surface area contributed by atoms with E-state index in [-0.39, 0.29) is 0 Å². The van der Waals surface area contributed by atoms with E-state index in [0.29, 0.717) is 5.69 Å². The van der Waals surface area contributed by atoms with E-state index in [4.69, 9.17) is 9.79 Å². The molecule has 0 aliphatic heterocycles. The molecule has 72 valence electrons. The minimum absolute atomic E-state index is 0.575. The van der Waals surface area contributed by atoms with E-state index in [9.17, 15) is 4.57 Å². The number of phosphoric acid groups is 1. The maximum absolute atomic E-state index is 10.4. The molecule has 0 saturated heterocycles. The summed E-state index contributed by atoms with van der Waals surface area (Å²) in [6.07, 6.45) is 0. The van der Waals surface area contributed by atoms with Crippen molar-refractivity contribution in [2.45, 2.75) is 0 Å². The van der Waals surface area contributed by atoms with Crippen LogP contribution in [0, 0.1) is 0 Å². The van der Waals surface area contributed by atoms with Crippen LogP contribution in [0.1, 0.15) is 0 Å². The molecule has 0 aliphatic carbocycles. The monoisotopic (exact) mass is 203 g/mol. The van der Waals surface area contributed by atoms with Gasteiger partial charge < -0.3 is 9.79 Å². The van der Waals surface area contributed by atoms with E-state index >= 15 is 0 Å². The fourth-order valence-corrected chi connectivity index (χ4v) is 1.26. The Morgan fingerprint density at radius 2 is 1.85 bits per heavy atom. The number of rotatable bonds is 3. The SMILES string of the molecule is CN(OP(=O)(O)O)c1ccccc1. The number of hydrogen-bond donors (Lipinski definition) is 2. The molecule has 1 aromatic rings. The van der Waals surface area contributed by atoms with Crippen LogP contribution in [0.3, 0.4) is 0 Å². The third-order valence-electron chi connectivity index (χ3n) is 1.35. The highest BCUT2D eigenvalue weighted by Crippen LogP contribution is 2.37. The van der Waals surface area contributed by atoms with Crippen LogP contribution < -0.4 is 5.06 Å². The first-order chi connectivity index (χ1) is 5.99. The largest absolute Gasteiger partial charge is 0.491 e. The van der Waals surface area contributed by atoms with Crippen LogP contribution in [0.5, 0.6) is 0 Å². The Morgan fingerprint density at radius 1 is 1.31 bits per heavy atom. The molecule has 5 nitrogen and oxygen atoms in total. The summed E-state index contributed by atoms with van der Waals surface area (Å²) in [5, 5.41) is 1.03. The lowest BCUT2D eigenvalue weighted by atomic mass is 10.3. The van der Waals surface area contributed by atoms with Gasteiger partial charge in [0.1, 0.15) is 0 Å². The van der Waals surface area contributed by atoms with Crippen LogP contribution in [-0.4, -0.2) is 16.8 Å². The van der Waals surface area contributed by atoms with Gasteiger partial charge in [-0.3, -0.25) is 0 Å². The first-order valence-corrected chi connectivity index (χ1v) is 5.06. The molecule has 1 aromatic carbocycles. The van der Waals surface area contributed by atoms with Crippen molar-refractivity contribution in [3.05, 3.63) is 30.3 Å². The van der Waals surface area contributed by atoms with Gasteiger partial charge in [0, 0.05) is 7.05 Å². The molecule has 6 heteroatoms. The second-order valence-electron chi connectivity index (χ2n) is 2.41. The maximum Gasteiger partial charge on any atom is 0.491 e. The predicted octanol–water partition coefficient (Wildman–Crippen LogP) is 1.15.